The Morgan fingerprint density at radius 1 is 0.558 bits per heavy atom. The molecule has 0 amide bonds. The van der Waals surface area contributed by atoms with Gasteiger partial charge in [-0.25, -0.2) is 24.3 Å². The number of halogens is 4. The number of allylic oxidation sites excluding steroid dienone is 16. The van der Waals surface area contributed by atoms with Crippen LogP contribution in [0.5, 0.6) is 0 Å². The summed E-state index contributed by atoms with van der Waals surface area (Å²) in [6.45, 7) is 23.3. The van der Waals surface area contributed by atoms with E-state index in [4.69, 9.17) is 17.0 Å². The van der Waals surface area contributed by atoms with Gasteiger partial charge in [0.1, 0.15) is 0 Å². The molecule has 4 rings (SSSR count). The Morgan fingerprint density at radius 2 is 0.791 bits per heavy atom. The van der Waals surface area contributed by atoms with Crippen molar-refractivity contribution in [1.29, 1.82) is 0 Å². The molecule has 0 saturated carbocycles. The van der Waals surface area contributed by atoms with Crippen molar-refractivity contribution in [2.75, 3.05) is 0 Å². The van der Waals surface area contributed by atoms with E-state index < -0.39 is 20.8 Å². The summed E-state index contributed by atoms with van der Waals surface area (Å²) in [7, 11) is 9.87. The Kier molecular flexibility index (Phi) is 53.6. The quantitative estimate of drug-likeness (QED) is 0.240. The fraction of sp³-hybridized carbons (Fsp3) is 0.378. The Hall–Kier alpha value is 0.846. The maximum absolute atomic E-state index is 4.93. The van der Waals surface area contributed by atoms with Crippen LogP contribution >= 0.6 is 17.0 Å². The fourth-order valence-electron chi connectivity index (χ4n) is 4.87. The second-order valence-electron chi connectivity index (χ2n) is 9.83. The first-order chi connectivity index (χ1) is 15.4. The zero-order valence-corrected chi connectivity index (χ0v) is 38.3. The van der Waals surface area contributed by atoms with Crippen molar-refractivity contribution in [3.05, 3.63) is 145 Å². The summed E-state index contributed by atoms with van der Waals surface area (Å²) >= 11 is -0.826. The van der Waals surface area contributed by atoms with E-state index >= 15 is 0 Å². The van der Waals surface area contributed by atoms with Gasteiger partial charge in [-0.15, -0.1) is 12.8 Å². The number of hydrogen-bond acceptors (Lipinski definition) is 0. The van der Waals surface area contributed by atoms with Crippen molar-refractivity contribution in [1.82, 2.24) is 0 Å². The Morgan fingerprint density at radius 3 is 0.884 bits per heavy atom. The molecule has 0 unspecified atom stereocenters. The van der Waals surface area contributed by atoms with Gasteiger partial charge in [0.2, 0.25) is 0 Å². The summed E-state index contributed by atoms with van der Waals surface area (Å²) in [5.41, 5.74) is 12.5. The molecule has 0 saturated heterocycles. The molecular formula is C37H61Cl4Zr2-9. The average molecular weight is 830 g/mol. The van der Waals surface area contributed by atoms with Crippen molar-refractivity contribution in [2.24, 2.45) is 10.8 Å². The molecule has 0 aliphatic heterocycles. The SMILES string of the molecule is CC1=C(C)C(C)(C)C(C2=C(C)C(C)=C(C)C2(C)C)=C1C.[C-]1=CC=CC1.[C-]1=CC=CC1.[CH3-].[CH3-].[CH3-].[CH3-].[CH3-].[CH3-].[CH3-].[Cl-].[Cl-].[Cl][Zr][Cl].[Zr+2]. The van der Waals surface area contributed by atoms with Gasteiger partial charge in [0.15, 0.2) is 0 Å². The van der Waals surface area contributed by atoms with Gasteiger partial charge < -0.3 is 76.8 Å². The van der Waals surface area contributed by atoms with E-state index in [1.54, 1.807) is 11.1 Å². The molecule has 0 nitrogen and oxygen atoms in total. The van der Waals surface area contributed by atoms with E-state index in [9.17, 15) is 0 Å². The van der Waals surface area contributed by atoms with Crippen LogP contribution in [0.2, 0.25) is 0 Å². The van der Waals surface area contributed by atoms with Gasteiger partial charge in [-0.2, -0.15) is 12.2 Å². The zero-order valence-electron chi connectivity index (χ0n) is 30.4. The molecule has 0 aromatic heterocycles. The van der Waals surface area contributed by atoms with Crippen LogP contribution in [0.4, 0.5) is 0 Å². The summed E-state index contributed by atoms with van der Waals surface area (Å²) in [5.74, 6) is 0. The molecule has 0 heterocycles. The molecule has 254 valence electrons. The van der Waals surface area contributed by atoms with Crippen LogP contribution in [0.15, 0.2) is 81.0 Å². The monoisotopic (exact) mass is 825 g/mol. The van der Waals surface area contributed by atoms with E-state index in [1.165, 1.54) is 33.4 Å². The van der Waals surface area contributed by atoms with Crippen molar-refractivity contribution < 1.29 is 71.9 Å². The van der Waals surface area contributed by atoms with Gasteiger partial charge in [0.25, 0.3) is 0 Å². The predicted molar refractivity (Wildman–Crippen MR) is 189 cm³/mol. The van der Waals surface area contributed by atoms with Gasteiger partial charge in [-0.3, -0.25) is 12.2 Å². The van der Waals surface area contributed by atoms with Gasteiger partial charge in [0.05, 0.1) is 0 Å². The molecule has 4 aliphatic rings. The van der Waals surface area contributed by atoms with Crippen LogP contribution in [-0.4, -0.2) is 0 Å². The number of rotatable bonds is 1. The third-order valence-electron chi connectivity index (χ3n) is 7.55. The topological polar surface area (TPSA) is 0 Å². The largest absolute Gasteiger partial charge is 2.00 e. The van der Waals surface area contributed by atoms with E-state index in [2.05, 4.69) is 93.5 Å². The maximum atomic E-state index is 4.93. The standard InChI is InChI=1S/C20H30.2C5H5.7CH3.4ClH.2Zr/c1-11-13(3)17(19(7,8)15(11)5)18-14(4)12(2)16(6)20(18,9)10;2*1-2-4-5-3-1;;;;;;;;;;;;;/h1-10H3;2*1-3H,4H2;7*1H3;4*1H;;/q;9*-1;;;;;2*+2/p-4. The molecule has 6 heteroatoms. The molecule has 0 spiro atoms. The summed E-state index contributed by atoms with van der Waals surface area (Å²) < 4.78 is 0. The van der Waals surface area contributed by atoms with Crippen LogP contribution in [-0.2, 0) is 47.1 Å². The molecule has 43 heavy (non-hydrogen) atoms. The Bertz CT molecular complexity index is 873. The van der Waals surface area contributed by atoms with Gasteiger partial charge in [-0.05, 0) is 75.0 Å². The molecule has 0 atom stereocenters. The summed E-state index contributed by atoms with van der Waals surface area (Å²) in [6.07, 6.45) is 20.0. The third kappa shape index (κ3) is 18.1. The maximum Gasteiger partial charge on any atom is 2.00 e. The van der Waals surface area contributed by atoms with E-state index in [-0.39, 0.29) is 114 Å². The first-order valence-electron chi connectivity index (χ1n) is 11.6. The third-order valence-corrected chi connectivity index (χ3v) is 7.55. The molecule has 0 bridgehead atoms. The smallest absolute Gasteiger partial charge is 2.00 e. The second-order valence-corrected chi connectivity index (χ2v) is 13.6. The minimum absolute atomic E-state index is 0. The molecule has 0 aromatic carbocycles. The molecule has 0 aromatic rings. The van der Waals surface area contributed by atoms with Crippen molar-refractivity contribution in [3.8, 4) is 0 Å². The average Bonchev–Trinajstić information content (AvgIpc) is 3.55. The minimum Gasteiger partial charge on any atom is 2.00 e. The Balaban J connectivity index is -0.0000000506. The van der Waals surface area contributed by atoms with Crippen LogP contribution in [0.25, 0.3) is 0 Å². The van der Waals surface area contributed by atoms with Gasteiger partial charge in [-0.1, -0.05) is 38.8 Å². The molecule has 0 N–H and O–H groups in total. The van der Waals surface area contributed by atoms with Gasteiger partial charge in [0, 0.05) is 10.8 Å². The molecule has 0 radical (unpaired) electrons. The van der Waals surface area contributed by atoms with Crippen LogP contribution in [0.3, 0.4) is 0 Å². The van der Waals surface area contributed by atoms with Crippen LogP contribution in [0.1, 0.15) is 82.1 Å². The molecular weight excluding hydrogens is 769 g/mol. The van der Waals surface area contributed by atoms with Crippen molar-refractivity contribution in [2.45, 2.75) is 82.1 Å². The first kappa shape index (κ1) is 70.3. The van der Waals surface area contributed by atoms with Crippen molar-refractivity contribution in [3.63, 3.8) is 0 Å². The van der Waals surface area contributed by atoms with Crippen molar-refractivity contribution >= 4 is 17.0 Å². The first-order valence-corrected chi connectivity index (χ1v) is 17.9. The summed E-state index contributed by atoms with van der Waals surface area (Å²) in [6, 6.07) is 0. The van der Waals surface area contributed by atoms with Crippen LogP contribution in [0, 0.1) is 75.0 Å². The Labute approximate surface area is 323 Å². The minimum atomic E-state index is -0.826. The predicted octanol–water partition coefficient (Wildman–Crippen LogP) is 7.52. The second kappa shape index (κ2) is 32.8. The molecule has 0 fully saturated rings. The van der Waals surface area contributed by atoms with Gasteiger partial charge >= 0.3 is 64.1 Å². The van der Waals surface area contributed by atoms with E-state index in [0.717, 1.165) is 12.8 Å². The van der Waals surface area contributed by atoms with Crippen LogP contribution < -0.4 is 24.8 Å². The molecule has 4 aliphatic carbocycles. The number of hydrogen-bond donors (Lipinski definition) is 0. The fourth-order valence-corrected chi connectivity index (χ4v) is 4.87. The summed E-state index contributed by atoms with van der Waals surface area (Å²) in [5, 5.41) is 0. The zero-order chi connectivity index (χ0) is 25.4. The van der Waals surface area contributed by atoms with E-state index in [0.29, 0.717) is 0 Å². The van der Waals surface area contributed by atoms with E-state index in [1.807, 2.05) is 24.3 Å². The normalized spacial score (nSPS) is 16.3. The summed E-state index contributed by atoms with van der Waals surface area (Å²) in [4.78, 5) is 0.